The molecule has 68 valence electrons. The van der Waals surface area contributed by atoms with Gasteiger partial charge >= 0.3 is 5.97 Å². The number of carboxylic acid groups (broad SMARTS) is 1. The lowest BCUT2D eigenvalue weighted by atomic mass is 10.3. The third kappa shape index (κ3) is 2.50. The van der Waals surface area contributed by atoms with Gasteiger partial charge in [-0.05, 0) is 12.3 Å². The van der Waals surface area contributed by atoms with Gasteiger partial charge in [0.15, 0.2) is 6.61 Å². The first-order valence-corrected chi connectivity index (χ1v) is 3.74. The second-order valence-corrected chi connectivity index (χ2v) is 2.97. The number of carbonyl (C=O) groups excluding carboxylic acids is 1. The summed E-state index contributed by atoms with van der Waals surface area (Å²) in [5.41, 5.74) is 2.09. The molecule has 12 heavy (non-hydrogen) atoms. The minimum atomic E-state index is -1.10. The van der Waals surface area contributed by atoms with Gasteiger partial charge in [0, 0.05) is 5.92 Å². The Bertz CT molecular complexity index is 204. The smallest absolute Gasteiger partial charge is 0.332 e. The molecular weight excluding hydrogens is 162 g/mol. The number of nitrogens with one attached hydrogen (secondary N) is 1. The molecule has 1 fully saturated rings. The van der Waals surface area contributed by atoms with Gasteiger partial charge < -0.3 is 5.11 Å². The lowest BCUT2D eigenvalue weighted by Gasteiger charge is -2.01. The van der Waals surface area contributed by atoms with Gasteiger partial charge in [-0.25, -0.2) is 10.3 Å². The number of rotatable bonds is 4. The van der Waals surface area contributed by atoms with Gasteiger partial charge in [-0.15, -0.1) is 0 Å². The van der Waals surface area contributed by atoms with E-state index >= 15 is 0 Å². The minimum Gasteiger partial charge on any atom is -0.479 e. The Balaban J connectivity index is 2.07. The van der Waals surface area contributed by atoms with Crippen molar-refractivity contribution in [2.75, 3.05) is 6.61 Å². The quantitative estimate of drug-likeness (QED) is 0.576. The van der Waals surface area contributed by atoms with E-state index in [1.807, 2.05) is 6.92 Å². The first kappa shape index (κ1) is 8.99. The van der Waals surface area contributed by atoms with E-state index in [0.717, 1.165) is 6.42 Å². The van der Waals surface area contributed by atoms with Crippen LogP contribution in [0, 0.1) is 11.8 Å². The monoisotopic (exact) mass is 173 g/mol. The van der Waals surface area contributed by atoms with E-state index in [-0.39, 0.29) is 11.8 Å². The zero-order chi connectivity index (χ0) is 9.14. The zero-order valence-corrected chi connectivity index (χ0v) is 6.74. The van der Waals surface area contributed by atoms with Gasteiger partial charge in [-0.2, -0.15) is 0 Å². The number of carboxylic acids is 1. The van der Waals surface area contributed by atoms with Crippen molar-refractivity contribution in [3.05, 3.63) is 0 Å². The number of hydrogen-bond donors (Lipinski definition) is 2. The van der Waals surface area contributed by atoms with Crippen LogP contribution in [-0.2, 0) is 14.4 Å². The van der Waals surface area contributed by atoms with Crippen molar-refractivity contribution in [2.45, 2.75) is 13.3 Å². The number of hydrogen-bond acceptors (Lipinski definition) is 3. The number of amides is 1. The second kappa shape index (κ2) is 3.53. The molecule has 0 radical (unpaired) electrons. The van der Waals surface area contributed by atoms with Crippen molar-refractivity contribution in [3.8, 4) is 0 Å². The fourth-order valence-electron chi connectivity index (χ4n) is 0.932. The van der Waals surface area contributed by atoms with Crippen LogP contribution in [0.1, 0.15) is 13.3 Å². The lowest BCUT2D eigenvalue weighted by Crippen LogP contribution is -2.28. The summed E-state index contributed by atoms with van der Waals surface area (Å²) in [6.45, 7) is 1.47. The fourth-order valence-corrected chi connectivity index (χ4v) is 0.932. The molecule has 5 nitrogen and oxygen atoms in total. The molecule has 0 saturated heterocycles. The first-order valence-electron chi connectivity index (χ1n) is 3.74. The standard InChI is InChI=1S/C7H11NO4/c1-4-2-5(4)7(11)8-12-3-6(9)10/h4-5H,2-3H2,1H3,(H,8,11)(H,9,10). The molecule has 1 amide bonds. The molecule has 0 aliphatic heterocycles. The Morgan fingerprint density at radius 2 is 2.25 bits per heavy atom. The largest absolute Gasteiger partial charge is 0.479 e. The molecule has 0 aromatic rings. The highest BCUT2D eigenvalue weighted by atomic mass is 16.7. The first-order chi connectivity index (χ1) is 5.61. The Kier molecular flexibility index (Phi) is 2.65. The molecule has 2 unspecified atom stereocenters. The third-order valence-electron chi connectivity index (χ3n) is 1.81. The average molecular weight is 173 g/mol. The summed E-state index contributed by atoms with van der Waals surface area (Å²) in [4.78, 5) is 25.3. The Labute approximate surface area is 69.7 Å². The van der Waals surface area contributed by atoms with Crippen LogP contribution in [0.25, 0.3) is 0 Å². The summed E-state index contributed by atoms with van der Waals surface area (Å²) >= 11 is 0. The molecule has 0 aromatic carbocycles. The molecule has 0 spiro atoms. The van der Waals surface area contributed by atoms with Crippen LogP contribution in [0.5, 0.6) is 0 Å². The van der Waals surface area contributed by atoms with Crippen LogP contribution < -0.4 is 5.48 Å². The maximum Gasteiger partial charge on any atom is 0.332 e. The SMILES string of the molecule is CC1CC1C(=O)NOCC(=O)O. The van der Waals surface area contributed by atoms with Crippen molar-refractivity contribution in [1.29, 1.82) is 0 Å². The predicted octanol–water partition coefficient (Wildman–Crippen LogP) is -0.225. The normalized spacial score (nSPS) is 26.4. The highest BCUT2D eigenvalue weighted by Crippen LogP contribution is 2.37. The maximum atomic E-state index is 11.0. The zero-order valence-electron chi connectivity index (χ0n) is 6.74. The van der Waals surface area contributed by atoms with E-state index < -0.39 is 12.6 Å². The van der Waals surface area contributed by atoms with Gasteiger partial charge in [0.2, 0.25) is 5.91 Å². The van der Waals surface area contributed by atoms with Crippen LogP contribution in [0.15, 0.2) is 0 Å². The molecule has 1 aliphatic rings. The van der Waals surface area contributed by atoms with Crippen molar-refractivity contribution >= 4 is 11.9 Å². The summed E-state index contributed by atoms with van der Waals surface area (Å²) in [6.07, 6.45) is 0.863. The molecule has 2 N–H and O–H groups in total. The topological polar surface area (TPSA) is 75.6 Å². The molecule has 5 heteroatoms. The Morgan fingerprint density at radius 1 is 1.67 bits per heavy atom. The van der Waals surface area contributed by atoms with Crippen molar-refractivity contribution in [1.82, 2.24) is 5.48 Å². The van der Waals surface area contributed by atoms with Gasteiger partial charge in [-0.3, -0.25) is 9.63 Å². The highest BCUT2D eigenvalue weighted by Gasteiger charge is 2.39. The van der Waals surface area contributed by atoms with E-state index in [2.05, 4.69) is 10.3 Å². The van der Waals surface area contributed by atoms with Gasteiger partial charge in [0.25, 0.3) is 0 Å². The van der Waals surface area contributed by atoms with Crippen LogP contribution in [0.3, 0.4) is 0 Å². The summed E-state index contributed by atoms with van der Waals surface area (Å²) in [7, 11) is 0. The van der Waals surface area contributed by atoms with Crippen LogP contribution >= 0.6 is 0 Å². The van der Waals surface area contributed by atoms with E-state index in [1.54, 1.807) is 0 Å². The average Bonchev–Trinajstić information content (AvgIpc) is 2.66. The van der Waals surface area contributed by atoms with E-state index in [0.29, 0.717) is 5.92 Å². The summed E-state index contributed by atoms with van der Waals surface area (Å²) in [5.74, 6) is -0.903. The molecule has 1 rings (SSSR count). The number of carbonyl (C=O) groups is 2. The lowest BCUT2D eigenvalue weighted by molar-refractivity contribution is -0.149. The van der Waals surface area contributed by atoms with Gasteiger partial charge in [-0.1, -0.05) is 6.92 Å². The third-order valence-corrected chi connectivity index (χ3v) is 1.81. The van der Waals surface area contributed by atoms with Crippen molar-refractivity contribution in [2.24, 2.45) is 11.8 Å². The fraction of sp³-hybridized carbons (Fsp3) is 0.714. The molecule has 2 atom stereocenters. The van der Waals surface area contributed by atoms with Gasteiger partial charge in [0.05, 0.1) is 0 Å². The van der Waals surface area contributed by atoms with E-state index in [1.165, 1.54) is 0 Å². The molecule has 0 aromatic heterocycles. The highest BCUT2D eigenvalue weighted by molar-refractivity contribution is 5.80. The molecule has 1 aliphatic carbocycles. The number of hydroxylamine groups is 1. The minimum absolute atomic E-state index is 0.0128. The maximum absolute atomic E-state index is 11.0. The second-order valence-electron chi connectivity index (χ2n) is 2.97. The number of aliphatic carboxylic acids is 1. The van der Waals surface area contributed by atoms with Crippen LogP contribution in [0.2, 0.25) is 0 Å². The van der Waals surface area contributed by atoms with Crippen molar-refractivity contribution < 1.29 is 19.5 Å². The predicted molar refractivity (Wildman–Crippen MR) is 39.0 cm³/mol. The van der Waals surface area contributed by atoms with Crippen LogP contribution in [-0.4, -0.2) is 23.6 Å². The van der Waals surface area contributed by atoms with E-state index in [9.17, 15) is 9.59 Å². The Hall–Kier alpha value is -1.10. The molecule has 1 saturated carbocycles. The molecule has 0 bridgehead atoms. The molecular formula is C7H11NO4. The summed E-state index contributed by atoms with van der Waals surface area (Å²) < 4.78 is 0. The van der Waals surface area contributed by atoms with Crippen LogP contribution in [0.4, 0.5) is 0 Å². The summed E-state index contributed by atoms with van der Waals surface area (Å²) in [6, 6.07) is 0. The summed E-state index contributed by atoms with van der Waals surface area (Å²) in [5, 5.41) is 8.16. The van der Waals surface area contributed by atoms with E-state index in [4.69, 9.17) is 5.11 Å². The van der Waals surface area contributed by atoms with Crippen molar-refractivity contribution in [3.63, 3.8) is 0 Å². The Morgan fingerprint density at radius 3 is 2.67 bits per heavy atom. The molecule has 0 heterocycles. The van der Waals surface area contributed by atoms with Gasteiger partial charge in [0.1, 0.15) is 0 Å².